The molecule has 0 atom stereocenters. The Kier molecular flexibility index (Phi) is 5.78. The van der Waals surface area contributed by atoms with Crippen molar-refractivity contribution in [3.8, 4) is 23.3 Å². The smallest absolute Gasteiger partial charge is 0.219 e. The van der Waals surface area contributed by atoms with Crippen LogP contribution in [-0.4, -0.2) is 9.97 Å². The highest BCUT2D eigenvalue weighted by Gasteiger charge is 2.23. The molecule has 0 fully saturated rings. The highest BCUT2D eigenvalue weighted by Crippen LogP contribution is 2.34. The molecule has 0 N–H and O–H groups in total. The number of hydrogen-bond donors (Lipinski definition) is 0. The first-order chi connectivity index (χ1) is 18.0. The number of nitrogens with zero attached hydrogens (tertiary/aromatic N) is 2. The van der Waals surface area contributed by atoms with Crippen LogP contribution < -0.4 is 9.47 Å². The Morgan fingerprint density at radius 2 is 0.865 bits per heavy atom. The van der Waals surface area contributed by atoms with Gasteiger partial charge in [-0.2, -0.15) is 0 Å². The molecule has 0 bridgehead atoms. The summed E-state index contributed by atoms with van der Waals surface area (Å²) >= 11 is 0. The molecule has 0 spiro atoms. The van der Waals surface area contributed by atoms with E-state index in [1.165, 1.54) is 11.1 Å². The molecule has 180 valence electrons. The second-order valence-electron chi connectivity index (χ2n) is 9.56. The van der Waals surface area contributed by atoms with Crippen molar-refractivity contribution in [1.29, 1.82) is 0 Å². The molecule has 2 aromatic heterocycles. The zero-order chi connectivity index (χ0) is 25.2. The number of aromatic nitrogens is 2. The number of fused-ring (bicyclic) bond motifs is 2. The van der Waals surface area contributed by atoms with Gasteiger partial charge in [-0.15, -0.1) is 0 Å². The Morgan fingerprint density at radius 3 is 1.30 bits per heavy atom. The Morgan fingerprint density at radius 1 is 0.459 bits per heavy atom. The van der Waals surface area contributed by atoms with Gasteiger partial charge in [-0.3, -0.25) is 0 Å². The zero-order valence-corrected chi connectivity index (χ0v) is 20.8. The molecule has 4 heteroatoms. The van der Waals surface area contributed by atoms with E-state index in [0.717, 1.165) is 33.3 Å². The predicted octanol–water partition coefficient (Wildman–Crippen LogP) is 8.69. The van der Waals surface area contributed by atoms with E-state index in [-0.39, 0.29) is 5.41 Å². The van der Waals surface area contributed by atoms with Gasteiger partial charge in [0.2, 0.25) is 11.8 Å². The van der Waals surface area contributed by atoms with Crippen LogP contribution in [0.3, 0.4) is 0 Å². The molecule has 0 radical (unpaired) electrons. The summed E-state index contributed by atoms with van der Waals surface area (Å²) in [6.45, 7) is 4.43. The summed E-state index contributed by atoms with van der Waals surface area (Å²) in [5, 5.41) is 2.19. The number of rotatable bonds is 6. The minimum Gasteiger partial charge on any atom is -0.439 e. The molecule has 4 aromatic carbocycles. The van der Waals surface area contributed by atoms with Gasteiger partial charge in [-0.1, -0.05) is 74.5 Å². The average Bonchev–Trinajstić information content (AvgIpc) is 2.93. The minimum atomic E-state index is -0.195. The van der Waals surface area contributed by atoms with Gasteiger partial charge in [0.1, 0.15) is 11.5 Å². The fraction of sp³-hybridized carbons (Fsp3) is 0.0909. The van der Waals surface area contributed by atoms with E-state index >= 15 is 0 Å². The molecule has 0 unspecified atom stereocenters. The van der Waals surface area contributed by atoms with E-state index in [1.54, 1.807) is 0 Å². The lowest BCUT2D eigenvalue weighted by atomic mass is 9.78. The maximum Gasteiger partial charge on any atom is 0.219 e. The van der Waals surface area contributed by atoms with Crippen molar-refractivity contribution in [3.05, 3.63) is 132 Å². The summed E-state index contributed by atoms with van der Waals surface area (Å²) in [6.07, 6.45) is 0. The van der Waals surface area contributed by atoms with Crippen molar-refractivity contribution in [2.45, 2.75) is 19.3 Å². The van der Waals surface area contributed by atoms with Gasteiger partial charge < -0.3 is 9.47 Å². The number of benzene rings is 4. The van der Waals surface area contributed by atoms with Crippen molar-refractivity contribution in [2.24, 2.45) is 0 Å². The summed E-state index contributed by atoms with van der Waals surface area (Å²) in [5.41, 5.74) is 4.02. The number of ether oxygens (including phenoxy) is 2. The van der Waals surface area contributed by atoms with Gasteiger partial charge in [0.25, 0.3) is 0 Å². The summed E-state index contributed by atoms with van der Waals surface area (Å²) in [4.78, 5) is 9.21. The maximum absolute atomic E-state index is 6.03. The van der Waals surface area contributed by atoms with Gasteiger partial charge >= 0.3 is 0 Å². The van der Waals surface area contributed by atoms with Gasteiger partial charge in [0, 0.05) is 28.3 Å². The van der Waals surface area contributed by atoms with Crippen molar-refractivity contribution in [3.63, 3.8) is 0 Å². The van der Waals surface area contributed by atoms with E-state index in [0.29, 0.717) is 11.8 Å². The largest absolute Gasteiger partial charge is 0.439 e. The Bertz CT molecular complexity index is 1560. The molecule has 0 saturated heterocycles. The number of para-hydroxylation sites is 2. The van der Waals surface area contributed by atoms with Gasteiger partial charge in [0.15, 0.2) is 0 Å². The van der Waals surface area contributed by atoms with E-state index in [9.17, 15) is 0 Å². The second kappa shape index (κ2) is 9.40. The van der Waals surface area contributed by atoms with Crippen LogP contribution in [0.15, 0.2) is 121 Å². The molecular formula is C33H26N2O2. The van der Waals surface area contributed by atoms with Gasteiger partial charge in [-0.25, -0.2) is 9.97 Å². The first kappa shape index (κ1) is 22.7. The van der Waals surface area contributed by atoms with Crippen molar-refractivity contribution in [1.82, 2.24) is 9.97 Å². The molecule has 0 amide bonds. The average molecular weight is 483 g/mol. The number of pyridine rings is 2. The van der Waals surface area contributed by atoms with E-state index in [2.05, 4.69) is 48.1 Å². The first-order valence-electron chi connectivity index (χ1n) is 12.3. The molecule has 2 heterocycles. The molecule has 0 aliphatic carbocycles. The SMILES string of the molecule is CC(C)(c1ccc(Oc2ccc3ccccc3n2)cc1)c1ccc(Oc2ccc3ccccc3n2)cc1. The molecule has 6 rings (SSSR count). The Labute approximate surface area is 216 Å². The standard InChI is InChI=1S/C33H26N2O2/c1-33(2,25-13-17-27(18-14-25)36-31-21-11-23-7-3-5-9-29(23)34-31)26-15-19-28(20-16-26)37-32-22-12-24-8-4-6-10-30(24)35-32/h3-22H,1-2H3. The van der Waals surface area contributed by atoms with E-state index < -0.39 is 0 Å². The molecule has 37 heavy (non-hydrogen) atoms. The molecule has 6 aromatic rings. The van der Waals surface area contributed by atoms with E-state index in [4.69, 9.17) is 9.47 Å². The van der Waals surface area contributed by atoms with Crippen LogP contribution in [0, 0.1) is 0 Å². The lowest BCUT2D eigenvalue weighted by molar-refractivity contribution is 0.464. The summed E-state index contributed by atoms with van der Waals surface area (Å²) in [7, 11) is 0. The fourth-order valence-corrected chi connectivity index (χ4v) is 4.50. The minimum absolute atomic E-state index is 0.195. The zero-order valence-electron chi connectivity index (χ0n) is 20.8. The number of hydrogen-bond acceptors (Lipinski definition) is 4. The molecule has 0 aliphatic heterocycles. The fourth-order valence-electron chi connectivity index (χ4n) is 4.50. The van der Waals surface area contributed by atoms with Crippen LogP contribution in [0.1, 0.15) is 25.0 Å². The van der Waals surface area contributed by atoms with Crippen molar-refractivity contribution in [2.75, 3.05) is 0 Å². The molecule has 4 nitrogen and oxygen atoms in total. The maximum atomic E-state index is 6.03. The van der Waals surface area contributed by atoms with Crippen molar-refractivity contribution >= 4 is 21.8 Å². The lowest BCUT2D eigenvalue weighted by Crippen LogP contribution is -2.18. The van der Waals surface area contributed by atoms with E-state index in [1.807, 2.05) is 97.1 Å². The Hall–Kier alpha value is -4.70. The third-order valence-corrected chi connectivity index (χ3v) is 6.74. The van der Waals surface area contributed by atoms with Crippen LogP contribution in [0.2, 0.25) is 0 Å². The quantitative estimate of drug-likeness (QED) is 0.238. The molecule has 0 aliphatic rings. The van der Waals surface area contributed by atoms with Gasteiger partial charge in [0.05, 0.1) is 11.0 Å². The summed E-state index contributed by atoms with van der Waals surface area (Å²) in [5.74, 6) is 2.69. The topological polar surface area (TPSA) is 44.2 Å². The van der Waals surface area contributed by atoms with Gasteiger partial charge in [-0.05, 0) is 59.7 Å². The highest BCUT2D eigenvalue weighted by atomic mass is 16.5. The van der Waals surface area contributed by atoms with Crippen LogP contribution in [0.4, 0.5) is 0 Å². The van der Waals surface area contributed by atoms with Crippen molar-refractivity contribution < 1.29 is 9.47 Å². The first-order valence-corrected chi connectivity index (χ1v) is 12.3. The molecular weight excluding hydrogens is 456 g/mol. The predicted molar refractivity (Wildman–Crippen MR) is 149 cm³/mol. The normalized spacial score (nSPS) is 11.5. The van der Waals surface area contributed by atoms with Crippen LogP contribution >= 0.6 is 0 Å². The lowest BCUT2D eigenvalue weighted by Gasteiger charge is -2.26. The summed E-state index contributed by atoms with van der Waals surface area (Å²) in [6, 6.07) is 40.3. The van der Waals surface area contributed by atoms with Crippen LogP contribution in [0.25, 0.3) is 21.8 Å². The summed E-state index contributed by atoms with van der Waals surface area (Å²) < 4.78 is 12.1. The monoisotopic (exact) mass is 482 g/mol. The molecule has 0 saturated carbocycles. The van der Waals surface area contributed by atoms with Crippen LogP contribution in [-0.2, 0) is 5.41 Å². The third kappa shape index (κ3) is 4.74. The third-order valence-electron chi connectivity index (χ3n) is 6.74. The highest BCUT2D eigenvalue weighted by molar-refractivity contribution is 5.79. The second-order valence-corrected chi connectivity index (χ2v) is 9.56. The Balaban J connectivity index is 1.16. The van der Waals surface area contributed by atoms with Crippen LogP contribution in [0.5, 0.6) is 23.3 Å².